The van der Waals surface area contributed by atoms with Gasteiger partial charge in [0.2, 0.25) is 0 Å². The van der Waals surface area contributed by atoms with Crippen molar-refractivity contribution in [2.24, 2.45) is 5.73 Å². The van der Waals surface area contributed by atoms with Crippen LogP contribution in [0.3, 0.4) is 0 Å². The molecule has 0 heterocycles. The Morgan fingerprint density at radius 3 is 2.00 bits per heavy atom. The Bertz CT molecular complexity index is 46.5. The molecule has 0 rings (SSSR count). The number of halogens is 1. The average molecular weight is 213 g/mol. The van der Waals surface area contributed by atoms with Gasteiger partial charge in [-0.3, -0.25) is 0 Å². The topological polar surface area (TPSA) is 26.0 Å². The second kappa shape index (κ2) is 2.87. The van der Waals surface area contributed by atoms with Gasteiger partial charge in [0, 0.05) is 3.42 Å². The first-order chi connectivity index (χ1) is 3.06. The molecule has 0 spiro atoms. The Labute approximate surface area is 58.8 Å². The highest BCUT2D eigenvalue weighted by molar-refractivity contribution is 14.1. The van der Waals surface area contributed by atoms with Gasteiger partial charge in [-0.15, -0.1) is 0 Å². The van der Waals surface area contributed by atoms with Gasteiger partial charge in [-0.1, -0.05) is 36.4 Å². The number of alkyl halides is 1. The maximum absolute atomic E-state index is 5.31. The highest BCUT2D eigenvalue weighted by Gasteiger charge is 2.08. The van der Waals surface area contributed by atoms with Gasteiger partial charge in [-0.2, -0.15) is 0 Å². The molecule has 0 fully saturated rings. The highest BCUT2D eigenvalue weighted by atomic mass is 127. The van der Waals surface area contributed by atoms with Crippen LogP contribution >= 0.6 is 22.6 Å². The summed E-state index contributed by atoms with van der Waals surface area (Å²) in [4.78, 5) is 0. The molecule has 2 heteroatoms. The Hall–Kier alpha value is 0.690. The molecule has 0 aliphatic rings. The lowest BCUT2D eigenvalue weighted by atomic mass is 10.1. The first-order valence-electron chi connectivity index (χ1n) is 2.45. The first-order valence-corrected chi connectivity index (χ1v) is 3.53. The van der Waals surface area contributed by atoms with Gasteiger partial charge in [0.1, 0.15) is 0 Å². The van der Waals surface area contributed by atoms with E-state index in [0.717, 1.165) is 13.0 Å². The van der Waals surface area contributed by atoms with E-state index in [0.29, 0.717) is 3.42 Å². The van der Waals surface area contributed by atoms with Crippen molar-refractivity contribution in [2.45, 2.75) is 23.7 Å². The Balaban J connectivity index is 3.15. The van der Waals surface area contributed by atoms with Crippen molar-refractivity contribution in [3.63, 3.8) is 0 Å². The third-order valence-electron chi connectivity index (χ3n) is 0.739. The van der Waals surface area contributed by atoms with Crippen LogP contribution in [0.1, 0.15) is 20.3 Å². The molecule has 0 atom stereocenters. The molecule has 7 heavy (non-hydrogen) atoms. The molecular formula is C5H12IN. The van der Waals surface area contributed by atoms with E-state index in [2.05, 4.69) is 36.4 Å². The van der Waals surface area contributed by atoms with Crippen LogP contribution in [-0.4, -0.2) is 9.97 Å². The number of hydrogen-bond donors (Lipinski definition) is 1. The maximum Gasteiger partial charge on any atom is 0.0178 e. The summed E-state index contributed by atoms with van der Waals surface area (Å²) >= 11 is 2.40. The normalized spacial score (nSPS) is 12.0. The van der Waals surface area contributed by atoms with Crippen LogP contribution in [0.15, 0.2) is 0 Å². The van der Waals surface area contributed by atoms with Crippen molar-refractivity contribution < 1.29 is 0 Å². The molecule has 44 valence electrons. The summed E-state index contributed by atoms with van der Waals surface area (Å²) in [5.74, 6) is 0. The molecule has 1 nitrogen and oxygen atoms in total. The standard InChI is InChI=1S/C5H12IN/c1-5(2,6)3-4-7/h3-4,7H2,1-2H3. The third-order valence-corrected chi connectivity index (χ3v) is 1.28. The molecule has 0 bridgehead atoms. The van der Waals surface area contributed by atoms with Crippen molar-refractivity contribution in [1.29, 1.82) is 0 Å². The molecule has 0 saturated heterocycles. The lowest BCUT2D eigenvalue weighted by Crippen LogP contribution is -2.15. The average Bonchev–Trinajstić information content (AvgIpc) is 1.30. The van der Waals surface area contributed by atoms with E-state index in [4.69, 9.17) is 5.73 Å². The summed E-state index contributed by atoms with van der Waals surface area (Å²) < 4.78 is 0.395. The smallest absolute Gasteiger partial charge is 0.0178 e. The summed E-state index contributed by atoms with van der Waals surface area (Å²) in [5.41, 5.74) is 5.31. The fourth-order valence-corrected chi connectivity index (χ4v) is 0.655. The second-order valence-electron chi connectivity index (χ2n) is 2.26. The molecule has 0 radical (unpaired) electrons. The van der Waals surface area contributed by atoms with Crippen molar-refractivity contribution in [3.8, 4) is 0 Å². The molecule has 0 aromatic rings. The maximum atomic E-state index is 5.31. The predicted molar refractivity (Wildman–Crippen MR) is 41.8 cm³/mol. The van der Waals surface area contributed by atoms with E-state index in [-0.39, 0.29) is 0 Å². The number of nitrogens with two attached hydrogens (primary N) is 1. The van der Waals surface area contributed by atoms with Crippen molar-refractivity contribution in [1.82, 2.24) is 0 Å². The fourth-order valence-electron chi connectivity index (χ4n) is 0.343. The van der Waals surface area contributed by atoms with E-state index in [9.17, 15) is 0 Å². The summed E-state index contributed by atoms with van der Waals surface area (Å²) in [5, 5.41) is 0. The zero-order chi connectivity index (χ0) is 5.91. The monoisotopic (exact) mass is 213 g/mol. The van der Waals surface area contributed by atoms with Crippen LogP contribution in [0.5, 0.6) is 0 Å². The number of hydrogen-bond acceptors (Lipinski definition) is 1. The third kappa shape index (κ3) is 6.69. The lowest BCUT2D eigenvalue weighted by molar-refractivity contribution is 0.679. The molecule has 0 saturated carbocycles. The molecule has 2 N–H and O–H groups in total. The molecule has 0 aliphatic heterocycles. The zero-order valence-electron chi connectivity index (χ0n) is 4.87. The lowest BCUT2D eigenvalue weighted by Gasteiger charge is -2.12. The minimum Gasteiger partial charge on any atom is -0.330 e. The van der Waals surface area contributed by atoms with Crippen molar-refractivity contribution >= 4 is 22.6 Å². The van der Waals surface area contributed by atoms with Crippen molar-refractivity contribution in [3.05, 3.63) is 0 Å². The van der Waals surface area contributed by atoms with Gasteiger partial charge in [0.05, 0.1) is 0 Å². The van der Waals surface area contributed by atoms with Gasteiger partial charge in [0.15, 0.2) is 0 Å². The van der Waals surface area contributed by atoms with Crippen LogP contribution in [0.2, 0.25) is 0 Å². The van der Waals surface area contributed by atoms with Crippen LogP contribution in [-0.2, 0) is 0 Å². The Morgan fingerprint density at radius 1 is 1.57 bits per heavy atom. The highest BCUT2D eigenvalue weighted by Crippen LogP contribution is 2.19. The summed E-state index contributed by atoms with van der Waals surface area (Å²) in [6.07, 6.45) is 1.10. The minimum atomic E-state index is 0.395. The van der Waals surface area contributed by atoms with Crippen LogP contribution in [0, 0.1) is 0 Å². The second-order valence-corrected chi connectivity index (χ2v) is 5.18. The first kappa shape index (κ1) is 7.69. The summed E-state index contributed by atoms with van der Waals surface area (Å²) in [7, 11) is 0. The van der Waals surface area contributed by atoms with Crippen LogP contribution in [0.25, 0.3) is 0 Å². The van der Waals surface area contributed by atoms with Gasteiger partial charge in [-0.25, -0.2) is 0 Å². The van der Waals surface area contributed by atoms with Gasteiger partial charge < -0.3 is 5.73 Å². The molecule has 0 aromatic carbocycles. The molecule has 0 amide bonds. The van der Waals surface area contributed by atoms with E-state index in [1.54, 1.807) is 0 Å². The molecule has 0 aromatic heterocycles. The SMILES string of the molecule is CC(C)(I)CCN. The predicted octanol–water partition coefficient (Wildman–Crippen LogP) is 1.55. The van der Waals surface area contributed by atoms with E-state index < -0.39 is 0 Å². The van der Waals surface area contributed by atoms with Gasteiger partial charge in [-0.05, 0) is 13.0 Å². The van der Waals surface area contributed by atoms with Gasteiger partial charge in [0.25, 0.3) is 0 Å². The number of rotatable bonds is 2. The fraction of sp³-hybridized carbons (Fsp3) is 1.00. The minimum absolute atomic E-state index is 0.395. The molecular weight excluding hydrogens is 201 g/mol. The molecule has 0 unspecified atom stereocenters. The van der Waals surface area contributed by atoms with Crippen molar-refractivity contribution in [2.75, 3.05) is 6.54 Å². The Morgan fingerprint density at radius 2 is 2.00 bits per heavy atom. The van der Waals surface area contributed by atoms with Crippen LogP contribution in [0.4, 0.5) is 0 Å². The molecule has 0 aliphatic carbocycles. The van der Waals surface area contributed by atoms with Crippen LogP contribution < -0.4 is 5.73 Å². The van der Waals surface area contributed by atoms with E-state index >= 15 is 0 Å². The van der Waals surface area contributed by atoms with E-state index in [1.165, 1.54) is 0 Å². The summed E-state index contributed by atoms with van der Waals surface area (Å²) in [6, 6.07) is 0. The van der Waals surface area contributed by atoms with Gasteiger partial charge >= 0.3 is 0 Å². The largest absolute Gasteiger partial charge is 0.330 e. The Kier molecular flexibility index (Phi) is 3.15. The summed E-state index contributed by atoms with van der Waals surface area (Å²) in [6.45, 7) is 5.16. The van der Waals surface area contributed by atoms with E-state index in [1.807, 2.05) is 0 Å². The quantitative estimate of drug-likeness (QED) is 0.546. The zero-order valence-corrected chi connectivity index (χ0v) is 7.03.